The predicted octanol–water partition coefficient (Wildman–Crippen LogP) is -1.41. The molecule has 0 bridgehead atoms. The molecule has 1 fully saturated rings. The first-order valence-corrected chi connectivity index (χ1v) is 3.36. The Kier molecular flexibility index (Phi) is 4.65. The van der Waals surface area contributed by atoms with Crippen LogP contribution in [0.5, 0.6) is 0 Å². The van der Waals surface area contributed by atoms with Gasteiger partial charge in [-0.05, 0) is 13.1 Å². The Morgan fingerprint density at radius 2 is 1.91 bits per heavy atom. The van der Waals surface area contributed by atoms with E-state index in [1.54, 1.807) is 0 Å². The van der Waals surface area contributed by atoms with Gasteiger partial charge in [0.15, 0.2) is 0 Å². The van der Waals surface area contributed by atoms with Crippen LogP contribution in [-0.4, -0.2) is 20.1 Å². The molecule has 1 heterocycles. The second kappa shape index (κ2) is 4.11. The van der Waals surface area contributed by atoms with Crippen LogP contribution in [-0.2, 0) is 0 Å². The van der Waals surface area contributed by atoms with Gasteiger partial charge in [-0.1, -0.05) is 18.7 Å². The fourth-order valence-corrected chi connectivity index (χ4v) is 1.12. The van der Waals surface area contributed by atoms with E-state index in [0.29, 0.717) is 6.54 Å². The van der Waals surface area contributed by atoms with Gasteiger partial charge in [0.1, 0.15) is 0 Å². The van der Waals surface area contributed by atoms with Crippen LogP contribution in [0.2, 0.25) is 5.31 Å². The van der Waals surface area contributed by atoms with E-state index in [9.17, 15) is 12.9 Å². The summed E-state index contributed by atoms with van der Waals surface area (Å²) in [6.07, 6.45) is 0.233. The van der Waals surface area contributed by atoms with Gasteiger partial charge in [-0.2, -0.15) is 0 Å². The first kappa shape index (κ1) is 12.5. The van der Waals surface area contributed by atoms with E-state index < -0.39 is 12.3 Å². The van der Waals surface area contributed by atoms with E-state index in [2.05, 4.69) is 5.32 Å². The summed E-state index contributed by atoms with van der Waals surface area (Å²) < 4.78 is 36.5. The van der Waals surface area contributed by atoms with Crippen molar-refractivity contribution >= 4 is 6.98 Å². The molecule has 11 heavy (non-hydrogen) atoms. The summed E-state index contributed by atoms with van der Waals surface area (Å²) >= 11 is 0. The summed E-state index contributed by atoms with van der Waals surface area (Å²) in [6.45, 7) is -2.78. The molecule has 0 aliphatic carbocycles. The minimum absolute atomic E-state index is 0. The number of hydrogen-bond acceptors (Lipinski definition) is 1. The van der Waals surface area contributed by atoms with Gasteiger partial charge in [-0.15, -0.1) is 0 Å². The average molecular weight is 191 g/mol. The summed E-state index contributed by atoms with van der Waals surface area (Å²) in [7, 11) is 0. The van der Waals surface area contributed by atoms with Crippen LogP contribution in [0.25, 0.3) is 0 Å². The molecule has 1 atom stereocenters. The minimum Gasteiger partial charge on any atom is -0.449 e. The summed E-state index contributed by atoms with van der Waals surface area (Å²) in [6, 6.07) is 0. The molecule has 0 aromatic rings. The van der Waals surface area contributed by atoms with Crippen molar-refractivity contribution in [1.82, 2.24) is 5.32 Å². The van der Waals surface area contributed by atoms with E-state index in [1.807, 2.05) is 0 Å². The predicted molar refractivity (Wildman–Crippen MR) is 34.9 cm³/mol. The molecule has 1 rings (SSSR count). The van der Waals surface area contributed by atoms with Crippen molar-refractivity contribution in [1.29, 1.82) is 0 Å². The molecule has 0 radical (unpaired) electrons. The second-order valence-electron chi connectivity index (χ2n) is 3.16. The Morgan fingerprint density at radius 1 is 1.36 bits per heavy atom. The van der Waals surface area contributed by atoms with Gasteiger partial charge in [-0.25, -0.2) is 0 Å². The SMILES string of the molecule is CC1([B-](F)(F)F)CCNC1.[K+]. The third-order valence-electron chi connectivity index (χ3n) is 2.19. The van der Waals surface area contributed by atoms with Crippen molar-refractivity contribution in [2.45, 2.75) is 18.7 Å². The third kappa shape index (κ3) is 2.70. The molecule has 1 aliphatic rings. The summed E-state index contributed by atoms with van der Waals surface area (Å²) in [4.78, 5) is 0. The fraction of sp³-hybridized carbons (Fsp3) is 1.00. The number of hydrogen-bond donors (Lipinski definition) is 1. The molecule has 1 unspecified atom stereocenters. The van der Waals surface area contributed by atoms with Crippen LogP contribution < -0.4 is 56.7 Å². The monoisotopic (exact) mass is 191 g/mol. The van der Waals surface area contributed by atoms with Gasteiger partial charge in [0.05, 0.1) is 0 Å². The molecule has 0 amide bonds. The second-order valence-corrected chi connectivity index (χ2v) is 3.16. The molecule has 0 aromatic carbocycles. The van der Waals surface area contributed by atoms with E-state index in [-0.39, 0.29) is 64.4 Å². The maximum atomic E-state index is 12.2. The number of nitrogens with one attached hydrogen (secondary N) is 1. The van der Waals surface area contributed by atoms with Crippen LogP contribution in [0.4, 0.5) is 12.9 Å². The maximum Gasteiger partial charge on any atom is 1.00 e. The van der Waals surface area contributed by atoms with Crippen molar-refractivity contribution in [3.63, 3.8) is 0 Å². The molecule has 1 aliphatic heterocycles. The van der Waals surface area contributed by atoms with Crippen LogP contribution in [0.3, 0.4) is 0 Å². The smallest absolute Gasteiger partial charge is 0.449 e. The number of halogens is 3. The molecular formula is C5H10BF3KN. The molecule has 6 heteroatoms. The molecule has 0 spiro atoms. The van der Waals surface area contributed by atoms with Gasteiger partial charge < -0.3 is 18.3 Å². The van der Waals surface area contributed by atoms with E-state index in [0.717, 1.165) is 0 Å². The summed E-state index contributed by atoms with van der Waals surface area (Å²) in [5.74, 6) is 0. The van der Waals surface area contributed by atoms with Crippen molar-refractivity contribution < 1.29 is 64.3 Å². The van der Waals surface area contributed by atoms with Crippen molar-refractivity contribution in [2.75, 3.05) is 13.1 Å². The summed E-state index contributed by atoms with van der Waals surface area (Å²) in [5, 5.41) is 1.30. The molecule has 1 saturated heterocycles. The van der Waals surface area contributed by atoms with Gasteiger partial charge in [0, 0.05) is 0 Å². The van der Waals surface area contributed by atoms with Gasteiger partial charge in [0.25, 0.3) is 0 Å². The largest absolute Gasteiger partial charge is 1.00 e. The maximum absolute atomic E-state index is 12.2. The molecule has 1 N–H and O–H groups in total. The Morgan fingerprint density at radius 3 is 2.09 bits per heavy atom. The standard InChI is InChI=1S/C5H10BF3N.K/c1-5(6(7,8)9)2-3-10-4-5;/h10H,2-4H2,1H3;/q-1;+1. The van der Waals surface area contributed by atoms with Gasteiger partial charge >= 0.3 is 58.4 Å². The van der Waals surface area contributed by atoms with Crippen LogP contribution >= 0.6 is 0 Å². The van der Waals surface area contributed by atoms with Gasteiger partial charge in [0.2, 0.25) is 0 Å². The fourth-order valence-electron chi connectivity index (χ4n) is 1.12. The molecule has 1 nitrogen and oxygen atoms in total. The Balaban J connectivity index is 0.000001000. The molecule has 0 saturated carbocycles. The third-order valence-corrected chi connectivity index (χ3v) is 2.19. The topological polar surface area (TPSA) is 12.0 Å². The van der Waals surface area contributed by atoms with Gasteiger partial charge in [-0.3, -0.25) is 0 Å². The first-order chi connectivity index (χ1) is 4.46. The van der Waals surface area contributed by atoms with E-state index in [1.165, 1.54) is 6.92 Å². The number of rotatable bonds is 1. The Hall–Kier alpha value is 1.45. The van der Waals surface area contributed by atoms with Crippen LogP contribution in [0.1, 0.15) is 13.3 Å². The van der Waals surface area contributed by atoms with E-state index >= 15 is 0 Å². The van der Waals surface area contributed by atoms with E-state index in [4.69, 9.17) is 0 Å². The van der Waals surface area contributed by atoms with Crippen molar-refractivity contribution in [2.24, 2.45) is 0 Å². The van der Waals surface area contributed by atoms with Crippen molar-refractivity contribution in [3.8, 4) is 0 Å². The molecule has 0 aromatic heterocycles. The average Bonchev–Trinajstić information content (AvgIpc) is 2.13. The normalized spacial score (nSPS) is 31.6. The quantitative estimate of drug-likeness (QED) is 0.502. The Bertz CT molecular complexity index is 132. The first-order valence-electron chi connectivity index (χ1n) is 3.36. The molecular weight excluding hydrogens is 181 g/mol. The zero-order valence-corrected chi connectivity index (χ0v) is 9.96. The zero-order valence-electron chi connectivity index (χ0n) is 6.83. The minimum atomic E-state index is -4.66. The van der Waals surface area contributed by atoms with Crippen LogP contribution in [0, 0.1) is 0 Å². The van der Waals surface area contributed by atoms with Crippen molar-refractivity contribution in [3.05, 3.63) is 0 Å². The van der Waals surface area contributed by atoms with Crippen LogP contribution in [0.15, 0.2) is 0 Å². The zero-order chi connectivity index (χ0) is 7.83. The summed E-state index contributed by atoms with van der Waals surface area (Å²) in [5.41, 5.74) is 0. The molecule has 60 valence electrons. The Labute approximate surface area is 107 Å².